The van der Waals surface area contributed by atoms with Crippen molar-refractivity contribution in [3.05, 3.63) is 40.9 Å². The van der Waals surface area contributed by atoms with Crippen molar-refractivity contribution in [1.29, 1.82) is 0 Å². The van der Waals surface area contributed by atoms with Gasteiger partial charge in [-0.1, -0.05) is 22.5 Å². The lowest BCUT2D eigenvalue weighted by atomic mass is 10.3. The number of rotatable bonds is 4. The largest absolute Gasteiger partial charge is 0.478 e. The fraction of sp³-hybridized carbons (Fsp3) is 0.100. The fourth-order valence-corrected chi connectivity index (χ4v) is 1.12. The Labute approximate surface area is 90.6 Å². The Morgan fingerprint density at radius 2 is 2.00 bits per heavy atom. The standard InChI is InChI=1S/C10H10BrNO2/c1-7(10(13)14)6-12-9-4-2-8(11)3-5-9/h2-5,12H,1,6H2,(H,13,14). The van der Waals surface area contributed by atoms with E-state index in [0.717, 1.165) is 10.2 Å². The zero-order valence-electron chi connectivity index (χ0n) is 7.46. The Kier molecular flexibility index (Phi) is 3.71. The number of aliphatic carboxylic acids is 1. The first kappa shape index (κ1) is 10.8. The van der Waals surface area contributed by atoms with E-state index in [0.29, 0.717) is 0 Å². The first-order valence-electron chi connectivity index (χ1n) is 4.00. The molecule has 3 nitrogen and oxygen atoms in total. The molecule has 0 heterocycles. The van der Waals surface area contributed by atoms with Gasteiger partial charge in [-0.15, -0.1) is 0 Å². The van der Waals surface area contributed by atoms with Gasteiger partial charge in [0.05, 0.1) is 0 Å². The number of benzene rings is 1. The van der Waals surface area contributed by atoms with Crippen LogP contribution < -0.4 is 5.32 Å². The van der Waals surface area contributed by atoms with E-state index in [1.54, 1.807) is 0 Å². The number of anilines is 1. The minimum atomic E-state index is -0.977. The molecule has 1 aromatic rings. The molecule has 0 aliphatic rings. The van der Waals surface area contributed by atoms with Crippen LogP contribution in [0.3, 0.4) is 0 Å². The van der Waals surface area contributed by atoms with Gasteiger partial charge in [0.25, 0.3) is 0 Å². The number of carbonyl (C=O) groups is 1. The number of nitrogens with one attached hydrogen (secondary N) is 1. The van der Waals surface area contributed by atoms with Crippen LogP contribution in [0.25, 0.3) is 0 Å². The molecule has 0 aliphatic carbocycles. The van der Waals surface area contributed by atoms with E-state index in [9.17, 15) is 4.79 Å². The molecule has 1 aromatic carbocycles. The molecule has 1 rings (SSSR count). The van der Waals surface area contributed by atoms with Crippen molar-refractivity contribution >= 4 is 27.6 Å². The third-order valence-electron chi connectivity index (χ3n) is 1.65. The van der Waals surface area contributed by atoms with Gasteiger partial charge in [0.1, 0.15) is 0 Å². The zero-order chi connectivity index (χ0) is 10.6. The van der Waals surface area contributed by atoms with Crippen molar-refractivity contribution < 1.29 is 9.90 Å². The second kappa shape index (κ2) is 4.81. The molecule has 0 atom stereocenters. The van der Waals surface area contributed by atoms with Gasteiger partial charge in [-0.2, -0.15) is 0 Å². The highest BCUT2D eigenvalue weighted by Crippen LogP contribution is 2.14. The fourth-order valence-electron chi connectivity index (χ4n) is 0.852. The molecule has 4 heteroatoms. The van der Waals surface area contributed by atoms with Crippen LogP contribution in [0.15, 0.2) is 40.9 Å². The molecule has 0 saturated heterocycles. The summed E-state index contributed by atoms with van der Waals surface area (Å²) in [6.45, 7) is 3.66. The lowest BCUT2D eigenvalue weighted by Crippen LogP contribution is -2.10. The van der Waals surface area contributed by atoms with Gasteiger partial charge in [-0.3, -0.25) is 0 Å². The smallest absolute Gasteiger partial charge is 0.332 e. The Balaban J connectivity index is 2.50. The summed E-state index contributed by atoms with van der Waals surface area (Å²) in [7, 11) is 0. The molecule has 0 saturated carbocycles. The van der Waals surface area contributed by atoms with Gasteiger partial charge < -0.3 is 10.4 Å². The minimum Gasteiger partial charge on any atom is -0.478 e. The molecule has 0 unspecified atom stereocenters. The summed E-state index contributed by atoms with van der Waals surface area (Å²) < 4.78 is 0.986. The van der Waals surface area contributed by atoms with Crippen LogP contribution in [-0.2, 0) is 4.79 Å². The quantitative estimate of drug-likeness (QED) is 0.814. The number of hydrogen-bond donors (Lipinski definition) is 2. The van der Waals surface area contributed by atoms with Crippen LogP contribution >= 0.6 is 15.9 Å². The van der Waals surface area contributed by atoms with E-state index in [4.69, 9.17) is 5.11 Å². The molecule has 0 aromatic heterocycles. The summed E-state index contributed by atoms with van der Waals surface area (Å²) in [5.41, 5.74) is 1.02. The Bertz CT molecular complexity index is 346. The third kappa shape index (κ3) is 3.22. The molecule has 0 radical (unpaired) electrons. The van der Waals surface area contributed by atoms with Gasteiger partial charge in [0.15, 0.2) is 0 Å². The summed E-state index contributed by atoms with van der Waals surface area (Å²) in [4.78, 5) is 10.4. The summed E-state index contributed by atoms with van der Waals surface area (Å²) in [5.74, 6) is -0.977. The number of halogens is 1. The van der Waals surface area contributed by atoms with E-state index in [1.807, 2.05) is 24.3 Å². The first-order valence-corrected chi connectivity index (χ1v) is 4.79. The second-order valence-electron chi connectivity index (χ2n) is 2.77. The number of carboxylic acids is 1. The van der Waals surface area contributed by atoms with Crippen LogP contribution in [0.1, 0.15) is 0 Å². The van der Waals surface area contributed by atoms with Gasteiger partial charge >= 0.3 is 5.97 Å². The predicted molar refractivity (Wildman–Crippen MR) is 59.4 cm³/mol. The van der Waals surface area contributed by atoms with Gasteiger partial charge in [-0.25, -0.2) is 4.79 Å². The van der Waals surface area contributed by atoms with Crippen LogP contribution in [0.5, 0.6) is 0 Å². The van der Waals surface area contributed by atoms with Crippen molar-refractivity contribution in [2.75, 3.05) is 11.9 Å². The van der Waals surface area contributed by atoms with Gasteiger partial charge in [0.2, 0.25) is 0 Å². The van der Waals surface area contributed by atoms with Gasteiger partial charge in [-0.05, 0) is 24.3 Å². The van der Waals surface area contributed by atoms with Crippen LogP contribution in [0.2, 0.25) is 0 Å². The van der Waals surface area contributed by atoms with Crippen molar-refractivity contribution in [2.45, 2.75) is 0 Å². The second-order valence-corrected chi connectivity index (χ2v) is 3.68. The molecule has 0 fully saturated rings. The predicted octanol–water partition coefficient (Wildman–Crippen LogP) is 2.50. The number of hydrogen-bond acceptors (Lipinski definition) is 2. The van der Waals surface area contributed by atoms with E-state index < -0.39 is 5.97 Å². The molecular formula is C10H10BrNO2. The molecule has 2 N–H and O–H groups in total. The third-order valence-corrected chi connectivity index (χ3v) is 2.18. The van der Waals surface area contributed by atoms with Crippen molar-refractivity contribution in [2.24, 2.45) is 0 Å². The highest BCUT2D eigenvalue weighted by molar-refractivity contribution is 9.10. The highest BCUT2D eigenvalue weighted by atomic mass is 79.9. The topological polar surface area (TPSA) is 49.3 Å². The lowest BCUT2D eigenvalue weighted by molar-refractivity contribution is -0.132. The molecule has 0 spiro atoms. The average molecular weight is 256 g/mol. The van der Waals surface area contributed by atoms with Crippen molar-refractivity contribution in [3.63, 3.8) is 0 Å². The monoisotopic (exact) mass is 255 g/mol. The molecule has 0 aliphatic heterocycles. The summed E-state index contributed by atoms with van der Waals surface area (Å²) >= 11 is 3.31. The molecule has 74 valence electrons. The first-order chi connectivity index (χ1) is 6.59. The maximum Gasteiger partial charge on any atom is 0.332 e. The molecular weight excluding hydrogens is 246 g/mol. The average Bonchev–Trinajstić information content (AvgIpc) is 2.16. The Morgan fingerprint density at radius 3 is 2.50 bits per heavy atom. The molecule has 0 bridgehead atoms. The SMILES string of the molecule is C=C(CNc1ccc(Br)cc1)C(=O)O. The normalized spacial score (nSPS) is 9.50. The number of carboxylic acid groups (broad SMARTS) is 1. The van der Waals surface area contributed by atoms with Crippen LogP contribution in [-0.4, -0.2) is 17.6 Å². The van der Waals surface area contributed by atoms with Crippen LogP contribution in [0, 0.1) is 0 Å². The maximum atomic E-state index is 10.4. The summed E-state index contributed by atoms with van der Waals surface area (Å²) in [6.07, 6.45) is 0. The van der Waals surface area contributed by atoms with Crippen LogP contribution in [0.4, 0.5) is 5.69 Å². The summed E-state index contributed by atoms with van der Waals surface area (Å²) in [5, 5.41) is 11.5. The lowest BCUT2D eigenvalue weighted by Gasteiger charge is -2.05. The zero-order valence-corrected chi connectivity index (χ0v) is 9.04. The van der Waals surface area contributed by atoms with E-state index in [2.05, 4.69) is 27.8 Å². The van der Waals surface area contributed by atoms with Gasteiger partial charge in [0, 0.05) is 22.3 Å². The minimum absolute atomic E-state index is 0.146. The maximum absolute atomic E-state index is 10.4. The van der Waals surface area contributed by atoms with E-state index in [-0.39, 0.29) is 12.1 Å². The van der Waals surface area contributed by atoms with E-state index >= 15 is 0 Å². The van der Waals surface area contributed by atoms with Crippen molar-refractivity contribution in [1.82, 2.24) is 0 Å². The Morgan fingerprint density at radius 1 is 1.43 bits per heavy atom. The molecule has 14 heavy (non-hydrogen) atoms. The molecule has 0 amide bonds. The summed E-state index contributed by atoms with van der Waals surface area (Å²) in [6, 6.07) is 7.48. The highest BCUT2D eigenvalue weighted by Gasteiger charge is 2.02. The Hall–Kier alpha value is -1.29. The van der Waals surface area contributed by atoms with E-state index in [1.165, 1.54) is 0 Å². The van der Waals surface area contributed by atoms with Crippen molar-refractivity contribution in [3.8, 4) is 0 Å².